The van der Waals surface area contributed by atoms with E-state index in [1.165, 1.54) is 59.0 Å². The molecular weight excluding hydrogens is 654 g/mol. The van der Waals surface area contributed by atoms with Crippen LogP contribution in [0, 0.1) is 20.2 Å². The zero-order valence-corrected chi connectivity index (χ0v) is 28.2. The molecule has 0 N–H and O–H groups in total. The Morgan fingerprint density at radius 2 is 1.14 bits per heavy atom. The van der Waals surface area contributed by atoms with Crippen molar-refractivity contribution in [2.75, 3.05) is 0 Å². The van der Waals surface area contributed by atoms with Crippen LogP contribution in [-0.2, 0) is 0 Å². The molecule has 2 aromatic carbocycles. The second-order valence-electron chi connectivity index (χ2n) is 10.4. The monoisotopic (exact) mass is 700 g/mol. The van der Waals surface area contributed by atoms with Crippen LogP contribution in [0.15, 0.2) is 48.5 Å². The third kappa shape index (κ3) is 10.4. The fourth-order valence-electron chi connectivity index (χ4n) is 4.49. The molecule has 0 bridgehead atoms. The van der Waals surface area contributed by atoms with Gasteiger partial charge in [-0.2, -0.15) is 0 Å². The van der Waals surface area contributed by atoms with Gasteiger partial charge in [0.1, 0.15) is 0 Å². The fraction of sp³-hybridized carbons (Fsp3) is 0.556. The Hall–Kier alpha value is -1.16. The summed E-state index contributed by atoms with van der Waals surface area (Å²) in [4.78, 5) is 28.3. The Bertz CT molecular complexity index is 906. The van der Waals surface area contributed by atoms with E-state index in [9.17, 15) is 20.2 Å². The Morgan fingerprint density at radius 1 is 0.686 bits per heavy atom. The predicted octanol–water partition coefficient (Wildman–Crippen LogP) is 7.79. The van der Waals surface area contributed by atoms with Gasteiger partial charge in [-0.1, -0.05) is 0 Å². The van der Waals surface area contributed by atoms with Gasteiger partial charge < -0.3 is 0 Å². The van der Waals surface area contributed by atoms with Crippen LogP contribution in [0.4, 0.5) is 11.4 Å². The molecule has 6 nitrogen and oxygen atoms in total. The van der Waals surface area contributed by atoms with Crippen molar-refractivity contribution in [2.24, 2.45) is 0 Å². The van der Waals surface area contributed by atoms with Crippen molar-refractivity contribution in [3.05, 3.63) is 68.8 Å². The molecule has 0 saturated heterocycles. The summed E-state index contributed by atoms with van der Waals surface area (Å²) in [6.45, 7) is 6.70. The molecule has 0 radical (unpaired) electrons. The summed E-state index contributed by atoms with van der Waals surface area (Å²) in [6.07, 6.45) is 7.27. The molecule has 0 aliphatic rings. The summed E-state index contributed by atoms with van der Waals surface area (Å²) >= 11 is -4.70. The standard InChI is InChI=1S/2C6H4NO2.3C4H9.3CH3.2Sn/c2*8-7(9)6-4-2-1-3-5-6;3*1-3-4-2;;;;;/h2-5H;1-4H;3*1,3-4H2,2H3;3*1H3;;. The van der Waals surface area contributed by atoms with Crippen molar-refractivity contribution in [1.29, 1.82) is 0 Å². The van der Waals surface area contributed by atoms with Gasteiger partial charge in [-0.3, -0.25) is 0 Å². The zero-order chi connectivity index (χ0) is 26.5. The van der Waals surface area contributed by atoms with Gasteiger partial charge >= 0.3 is 221 Å². The number of benzene rings is 2. The van der Waals surface area contributed by atoms with Crippen molar-refractivity contribution in [1.82, 2.24) is 0 Å². The maximum absolute atomic E-state index is 11.5. The van der Waals surface area contributed by atoms with Gasteiger partial charge in [-0.05, 0) is 0 Å². The summed E-state index contributed by atoms with van der Waals surface area (Å²) in [5, 5.41) is 21.9. The van der Waals surface area contributed by atoms with E-state index in [1.807, 2.05) is 24.3 Å². The van der Waals surface area contributed by atoms with Gasteiger partial charge in [0.15, 0.2) is 0 Å². The van der Waals surface area contributed by atoms with E-state index >= 15 is 0 Å². The van der Waals surface area contributed by atoms with Crippen molar-refractivity contribution in [3.8, 4) is 0 Å². The summed E-state index contributed by atoms with van der Waals surface area (Å²) < 4.78 is 6.32. The van der Waals surface area contributed by atoms with Crippen molar-refractivity contribution in [2.45, 2.75) is 87.4 Å². The minimum absolute atomic E-state index is 0.148. The van der Waals surface area contributed by atoms with Gasteiger partial charge in [-0.15, -0.1) is 0 Å². The Balaban J connectivity index is 0.000000400. The van der Waals surface area contributed by atoms with Crippen molar-refractivity contribution < 1.29 is 9.85 Å². The number of non-ortho nitro benzene ring substituents is 1. The molecule has 35 heavy (non-hydrogen) atoms. The average Bonchev–Trinajstić information content (AvgIpc) is 2.84. The first kappa shape index (κ1) is 31.9. The third-order valence-electron chi connectivity index (χ3n) is 6.64. The number of para-hydroxylation sites is 1. The minimum atomic E-state index is -2.69. The van der Waals surface area contributed by atoms with Crippen LogP contribution in [0.1, 0.15) is 59.3 Å². The van der Waals surface area contributed by atoms with E-state index in [-0.39, 0.29) is 15.5 Å². The van der Waals surface area contributed by atoms with Crippen LogP contribution in [0.25, 0.3) is 0 Å². The number of hydrogen-bond acceptors (Lipinski definition) is 4. The van der Waals surface area contributed by atoms with E-state index in [1.54, 1.807) is 18.2 Å². The van der Waals surface area contributed by atoms with Gasteiger partial charge in [0.2, 0.25) is 0 Å². The first-order valence-electron chi connectivity index (χ1n) is 13.0. The number of rotatable bonds is 13. The molecule has 8 heteroatoms. The molecule has 0 saturated carbocycles. The molecule has 0 aliphatic carbocycles. The first-order chi connectivity index (χ1) is 16.5. The van der Waals surface area contributed by atoms with Crippen LogP contribution in [0.3, 0.4) is 0 Å². The average molecular weight is 698 g/mol. The van der Waals surface area contributed by atoms with Crippen molar-refractivity contribution >= 4 is 55.3 Å². The molecular formula is C27H44N2O4Sn2. The fourth-order valence-corrected chi connectivity index (χ4v) is 24.4. The molecule has 0 amide bonds. The molecule has 0 unspecified atom stereocenters. The Labute approximate surface area is 220 Å². The molecule has 2 rings (SSSR count). The van der Waals surface area contributed by atoms with Crippen LogP contribution in [-0.4, -0.2) is 46.6 Å². The van der Waals surface area contributed by atoms with Crippen molar-refractivity contribution in [3.63, 3.8) is 0 Å². The van der Waals surface area contributed by atoms with Gasteiger partial charge in [0.25, 0.3) is 0 Å². The first-order valence-corrected chi connectivity index (χ1v) is 30.5. The van der Waals surface area contributed by atoms with Gasteiger partial charge in [-0.25, -0.2) is 0 Å². The summed E-state index contributed by atoms with van der Waals surface area (Å²) in [7, 11) is 0. The van der Waals surface area contributed by atoms with E-state index in [0.29, 0.717) is 5.69 Å². The SMILES string of the molecule is CCC[CH2][Sn]([CH2]CCC)([CH2]CCC)[c]1ccccc1[N+](=O)[O-].[CH3][Sn]([CH3])([CH3])[c]1ccc([N+](=O)[O-])cc1. The van der Waals surface area contributed by atoms with E-state index < -0.39 is 36.8 Å². The Kier molecular flexibility index (Phi) is 14.4. The number of nitrogens with zero attached hydrogens (tertiary/aromatic N) is 2. The van der Waals surface area contributed by atoms with E-state index in [0.717, 1.165) is 0 Å². The van der Waals surface area contributed by atoms with Crippen LogP contribution in [0.2, 0.25) is 28.1 Å². The van der Waals surface area contributed by atoms with Gasteiger partial charge in [0, 0.05) is 0 Å². The van der Waals surface area contributed by atoms with Gasteiger partial charge in [0.05, 0.1) is 0 Å². The van der Waals surface area contributed by atoms with Crippen LogP contribution in [0.5, 0.6) is 0 Å². The molecule has 0 heterocycles. The summed E-state index contributed by atoms with van der Waals surface area (Å²) in [5.74, 6) is 0. The molecule has 0 aromatic heterocycles. The molecule has 0 spiro atoms. The number of hydrogen-bond donors (Lipinski definition) is 0. The second-order valence-corrected chi connectivity index (χ2v) is 38.0. The third-order valence-corrected chi connectivity index (χ3v) is 28.2. The molecule has 0 aliphatic heterocycles. The maximum atomic E-state index is 11.5. The normalized spacial score (nSPS) is 11.5. The quantitative estimate of drug-likeness (QED) is 0.122. The van der Waals surface area contributed by atoms with E-state index in [2.05, 4.69) is 41.7 Å². The zero-order valence-electron chi connectivity index (χ0n) is 22.5. The molecule has 194 valence electrons. The molecule has 0 atom stereocenters. The molecule has 0 fully saturated rings. The summed E-state index contributed by atoms with van der Waals surface area (Å²) in [5.41, 5.74) is 0.584. The molecule has 2 aromatic rings. The number of nitro benzene ring substituents is 2. The number of nitro groups is 2. The summed E-state index contributed by atoms with van der Waals surface area (Å²) in [6, 6.07) is 14.6. The Morgan fingerprint density at radius 3 is 1.51 bits per heavy atom. The topological polar surface area (TPSA) is 86.3 Å². The van der Waals surface area contributed by atoms with Crippen LogP contribution >= 0.6 is 0 Å². The van der Waals surface area contributed by atoms with E-state index in [4.69, 9.17) is 0 Å². The second kappa shape index (κ2) is 15.8. The van der Waals surface area contributed by atoms with Crippen LogP contribution < -0.4 is 7.16 Å². The predicted molar refractivity (Wildman–Crippen MR) is 154 cm³/mol. The number of unbranched alkanes of at least 4 members (excludes halogenated alkanes) is 3.